The van der Waals surface area contributed by atoms with Crippen LogP contribution in [0, 0.1) is 0 Å². The number of benzene rings is 1. The molecule has 0 fully saturated rings. The smallest absolute Gasteiger partial charge is 0.0975 e. The Kier molecular flexibility index (Phi) is 4.07. The summed E-state index contributed by atoms with van der Waals surface area (Å²) < 4.78 is 0. The van der Waals surface area contributed by atoms with Crippen molar-refractivity contribution in [3.8, 4) is 0 Å². The van der Waals surface area contributed by atoms with Crippen molar-refractivity contribution in [2.45, 2.75) is 45.6 Å². The number of aromatic nitrogens is 1. The van der Waals surface area contributed by atoms with E-state index in [2.05, 4.69) is 52.0 Å². The average Bonchev–Trinajstić information content (AvgIpc) is 2.74. The summed E-state index contributed by atoms with van der Waals surface area (Å²) in [5.41, 5.74) is 8.41. The topological polar surface area (TPSA) is 38.9 Å². The van der Waals surface area contributed by atoms with Crippen LogP contribution in [-0.2, 0) is 12.0 Å². The number of hydrogen-bond donors (Lipinski definition) is 1. The molecule has 0 bridgehead atoms. The molecule has 1 aromatic heterocycles. The molecule has 3 heteroatoms. The van der Waals surface area contributed by atoms with Gasteiger partial charge in [-0.25, -0.2) is 4.98 Å². The van der Waals surface area contributed by atoms with Crippen molar-refractivity contribution in [3.63, 3.8) is 0 Å². The molecular weight excluding hydrogens is 252 g/mol. The molecular formula is C16H22N2S. The van der Waals surface area contributed by atoms with Crippen LogP contribution in [0.2, 0.25) is 0 Å². The molecule has 0 saturated carbocycles. The Balaban J connectivity index is 2.33. The maximum atomic E-state index is 6.27. The molecule has 0 aliphatic carbocycles. The summed E-state index contributed by atoms with van der Waals surface area (Å²) in [5.74, 6) is 0.415. The van der Waals surface area contributed by atoms with Crippen molar-refractivity contribution < 1.29 is 0 Å². The van der Waals surface area contributed by atoms with Gasteiger partial charge < -0.3 is 5.73 Å². The fraction of sp³-hybridized carbons (Fsp3) is 0.438. The number of thiazole rings is 1. The van der Waals surface area contributed by atoms with Crippen LogP contribution in [0.1, 0.15) is 54.8 Å². The molecule has 0 aliphatic rings. The van der Waals surface area contributed by atoms with E-state index in [0.717, 1.165) is 17.1 Å². The van der Waals surface area contributed by atoms with Crippen LogP contribution in [0.5, 0.6) is 0 Å². The molecule has 0 unspecified atom stereocenters. The number of hydrogen-bond acceptors (Lipinski definition) is 3. The highest BCUT2D eigenvalue weighted by atomic mass is 32.1. The van der Waals surface area contributed by atoms with Gasteiger partial charge in [-0.15, -0.1) is 11.3 Å². The van der Waals surface area contributed by atoms with Gasteiger partial charge in [0.25, 0.3) is 0 Å². The molecule has 0 aliphatic heterocycles. The molecule has 1 aromatic carbocycles. The second-order valence-corrected chi connectivity index (χ2v) is 6.94. The van der Waals surface area contributed by atoms with Gasteiger partial charge in [-0.05, 0) is 25.3 Å². The lowest BCUT2D eigenvalue weighted by Gasteiger charge is -2.19. The molecule has 2 N–H and O–H groups in total. The first-order valence-corrected chi connectivity index (χ1v) is 7.52. The fourth-order valence-corrected chi connectivity index (χ4v) is 3.34. The fourth-order valence-electron chi connectivity index (χ4n) is 2.08. The van der Waals surface area contributed by atoms with Gasteiger partial charge in [0.15, 0.2) is 0 Å². The van der Waals surface area contributed by atoms with E-state index in [0.29, 0.717) is 5.92 Å². The van der Waals surface area contributed by atoms with Crippen molar-refractivity contribution >= 4 is 11.3 Å². The maximum Gasteiger partial charge on any atom is 0.0975 e. The highest BCUT2D eigenvalue weighted by Crippen LogP contribution is 2.33. The highest BCUT2D eigenvalue weighted by molar-refractivity contribution is 7.12. The molecule has 102 valence electrons. The minimum absolute atomic E-state index is 0.313. The van der Waals surface area contributed by atoms with Crippen LogP contribution in [0.3, 0.4) is 0 Å². The molecule has 0 amide bonds. The predicted octanol–water partition coefficient (Wildman–Crippen LogP) is 4.05. The highest BCUT2D eigenvalue weighted by Gasteiger charge is 2.24. The number of nitrogens with two attached hydrogens (primary N) is 1. The molecule has 0 saturated heterocycles. The molecule has 2 rings (SSSR count). The van der Waals surface area contributed by atoms with E-state index in [4.69, 9.17) is 10.7 Å². The van der Waals surface area contributed by atoms with Gasteiger partial charge in [-0.1, -0.05) is 44.2 Å². The molecule has 0 radical (unpaired) electrons. The lowest BCUT2D eigenvalue weighted by molar-refractivity contribution is 0.553. The van der Waals surface area contributed by atoms with Gasteiger partial charge in [0.2, 0.25) is 0 Å². The van der Waals surface area contributed by atoms with Gasteiger partial charge in [0.05, 0.1) is 10.7 Å². The van der Waals surface area contributed by atoms with Crippen molar-refractivity contribution in [2.75, 3.05) is 0 Å². The van der Waals surface area contributed by atoms with Crippen molar-refractivity contribution in [1.29, 1.82) is 0 Å². The third kappa shape index (κ3) is 3.43. The van der Waals surface area contributed by atoms with Crippen LogP contribution in [0.4, 0.5) is 0 Å². The van der Waals surface area contributed by atoms with Gasteiger partial charge in [-0.3, -0.25) is 0 Å². The van der Waals surface area contributed by atoms with E-state index in [1.165, 1.54) is 10.4 Å². The Labute approximate surface area is 119 Å². The van der Waals surface area contributed by atoms with Crippen LogP contribution in [-0.4, -0.2) is 4.98 Å². The van der Waals surface area contributed by atoms with Gasteiger partial charge in [0, 0.05) is 16.8 Å². The Bertz CT molecular complexity index is 536. The second kappa shape index (κ2) is 5.43. The molecule has 2 aromatic rings. The SMILES string of the molecule is CC(C)c1nc(Cc2ccccc2)sc1C(C)(C)N. The van der Waals surface area contributed by atoms with E-state index in [1.54, 1.807) is 11.3 Å². The lowest BCUT2D eigenvalue weighted by Crippen LogP contribution is -2.28. The van der Waals surface area contributed by atoms with Crippen LogP contribution < -0.4 is 5.73 Å². The van der Waals surface area contributed by atoms with Crippen LogP contribution >= 0.6 is 11.3 Å². The normalized spacial score (nSPS) is 12.1. The largest absolute Gasteiger partial charge is 0.321 e. The molecule has 0 spiro atoms. The first-order valence-electron chi connectivity index (χ1n) is 6.71. The first kappa shape index (κ1) is 14.2. The van der Waals surface area contributed by atoms with E-state index >= 15 is 0 Å². The third-order valence-corrected chi connectivity index (χ3v) is 4.44. The standard InChI is InChI=1S/C16H22N2S/c1-11(2)14-15(16(3,4)17)19-13(18-14)10-12-8-6-5-7-9-12/h5-9,11H,10,17H2,1-4H3. The zero-order valence-corrected chi connectivity index (χ0v) is 12.9. The summed E-state index contributed by atoms with van der Waals surface area (Å²) in [6.45, 7) is 8.46. The zero-order chi connectivity index (χ0) is 14.0. The maximum absolute atomic E-state index is 6.27. The van der Waals surface area contributed by atoms with Gasteiger partial charge in [0.1, 0.15) is 0 Å². The minimum atomic E-state index is -0.313. The lowest BCUT2D eigenvalue weighted by atomic mass is 9.98. The van der Waals surface area contributed by atoms with Crippen molar-refractivity contribution in [3.05, 3.63) is 51.5 Å². The summed E-state index contributed by atoms with van der Waals surface area (Å²) >= 11 is 1.75. The summed E-state index contributed by atoms with van der Waals surface area (Å²) in [4.78, 5) is 6.03. The van der Waals surface area contributed by atoms with Crippen LogP contribution in [0.25, 0.3) is 0 Å². The van der Waals surface area contributed by atoms with E-state index in [9.17, 15) is 0 Å². The van der Waals surface area contributed by atoms with E-state index < -0.39 is 0 Å². The first-order chi connectivity index (χ1) is 8.88. The number of nitrogens with zero attached hydrogens (tertiary/aromatic N) is 1. The average molecular weight is 274 g/mol. The Morgan fingerprint density at radius 1 is 1.21 bits per heavy atom. The van der Waals surface area contributed by atoms with Crippen molar-refractivity contribution in [2.24, 2.45) is 5.73 Å². The molecule has 0 atom stereocenters. The zero-order valence-electron chi connectivity index (χ0n) is 12.1. The summed E-state index contributed by atoms with van der Waals surface area (Å²) in [5, 5.41) is 1.16. The monoisotopic (exact) mass is 274 g/mol. The van der Waals surface area contributed by atoms with Crippen LogP contribution in [0.15, 0.2) is 30.3 Å². The second-order valence-electron chi connectivity index (χ2n) is 5.86. The summed E-state index contributed by atoms with van der Waals surface area (Å²) in [6, 6.07) is 10.5. The Morgan fingerprint density at radius 2 is 1.84 bits per heavy atom. The Morgan fingerprint density at radius 3 is 2.32 bits per heavy atom. The summed E-state index contributed by atoms with van der Waals surface area (Å²) in [7, 11) is 0. The van der Waals surface area contributed by atoms with Crippen molar-refractivity contribution in [1.82, 2.24) is 4.98 Å². The predicted molar refractivity (Wildman–Crippen MR) is 82.7 cm³/mol. The van der Waals surface area contributed by atoms with E-state index in [1.807, 2.05) is 6.07 Å². The van der Waals surface area contributed by atoms with Gasteiger partial charge in [-0.2, -0.15) is 0 Å². The third-order valence-electron chi connectivity index (χ3n) is 3.03. The molecule has 2 nitrogen and oxygen atoms in total. The minimum Gasteiger partial charge on any atom is -0.321 e. The summed E-state index contributed by atoms with van der Waals surface area (Å²) in [6.07, 6.45) is 0.890. The number of rotatable bonds is 4. The Hall–Kier alpha value is -1.19. The van der Waals surface area contributed by atoms with Gasteiger partial charge >= 0.3 is 0 Å². The molecule has 19 heavy (non-hydrogen) atoms. The quantitative estimate of drug-likeness (QED) is 0.913. The van der Waals surface area contributed by atoms with E-state index in [-0.39, 0.29) is 5.54 Å². The molecule has 1 heterocycles.